The minimum Gasteiger partial charge on any atom is -0.455 e. The Morgan fingerprint density at radius 3 is 2.20 bits per heavy atom. The van der Waals surface area contributed by atoms with Crippen LogP contribution in [0.25, 0.3) is 0 Å². The molecule has 3 aromatic rings. The molecule has 0 aliphatic rings. The molecule has 0 heterocycles. The molecule has 7 nitrogen and oxygen atoms in total. The molecule has 156 valence electrons. The Kier molecular flexibility index (Phi) is 6.71. The zero-order valence-corrected chi connectivity index (χ0v) is 17.5. The average Bonchev–Trinajstić information content (AvgIpc) is 2.74. The quantitative estimate of drug-likeness (QED) is 0.574. The largest absolute Gasteiger partial charge is 0.455 e. The summed E-state index contributed by atoms with van der Waals surface area (Å²) < 4.78 is 31.2. The third-order valence-electron chi connectivity index (χ3n) is 4.21. The predicted molar refractivity (Wildman–Crippen MR) is 117 cm³/mol. The summed E-state index contributed by atoms with van der Waals surface area (Å²) in [5.41, 5.74) is 1.19. The molecule has 0 saturated carbocycles. The maximum atomic E-state index is 12.3. The van der Waals surface area contributed by atoms with E-state index in [0.717, 1.165) is 4.31 Å². The number of ether oxygens (including phenoxy) is 1. The number of benzene rings is 3. The van der Waals surface area contributed by atoms with Crippen LogP contribution in [0.5, 0.6) is 11.5 Å². The fraction of sp³-hybridized carbons (Fsp3) is 0.136. The standard InChI is InChI=1S/C22H23N3O4S/c1-25(2)30(27,28)19-14-12-17(13-15-19)24-22(26)16-23-20-10-6-7-11-21(20)29-18-8-4-3-5-9-18/h3-15,23H,16H2,1-2H3,(H,24,26). The van der Waals surface area contributed by atoms with E-state index >= 15 is 0 Å². The Hall–Kier alpha value is -3.36. The van der Waals surface area contributed by atoms with Gasteiger partial charge in [-0.3, -0.25) is 4.79 Å². The second-order valence-corrected chi connectivity index (χ2v) is 8.78. The minimum atomic E-state index is -3.50. The van der Waals surface area contributed by atoms with Crippen LogP contribution >= 0.6 is 0 Å². The molecule has 0 aliphatic heterocycles. The van der Waals surface area contributed by atoms with Crippen LogP contribution in [0.4, 0.5) is 11.4 Å². The molecule has 0 aliphatic carbocycles. The molecule has 0 saturated heterocycles. The monoisotopic (exact) mass is 425 g/mol. The zero-order valence-electron chi connectivity index (χ0n) is 16.7. The summed E-state index contributed by atoms with van der Waals surface area (Å²) in [5.74, 6) is 1.03. The summed E-state index contributed by atoms with van der Waals surface area (Å²) in [7, 11) is -0.568. The van der Waals surface area contributed by atoms with Crippen LogP contribution in [0.1, 0.15) is 0 Å². The summed E-state index contributed by atoms with van der Waals surface area (Å²) >= 11 is 0. The van der Waals surface area contributed by atoms with Crippen molar-refractivity contribution in [2.75, 3.05) is 31.3 Å². The van der Waals surface area contributed by atoms with Crippen LogP contribution in [0, 0.1) is 0 Å². The topological polar surface area (TPSA) is 87.7 Å². The lowest BCUT2D eigenvalue weighted by Crippen LogP contribution is -2.23. The van der Waals surface area contributed by atoms with Crippen LogP contribution < -0.4 is 15.4 Å². The fourth-order valence-electron chi connectivity index (χ4n) is 2.62. The molecule has 0 bridgehead atoms. The molecule has 0 radical (unpaired) electrons. The molecule has 0 fully saturated rings. The third kappa shape index (κ3) is 5.37. The number of anilines is 2. The first-order valence-electron chi connectivity index (χ1n) is 9.24. The van der Waals surface area contributed by atoms with E-state index in [1.165, 1.54) is 26.2 Å². The van der Waals surface area contributed by atoms with Gasteiger partial charge in [0, 0.05) is 19.8 Å². The Morgan fingerprint density at radius 1 is 0.900 bits per heavy atom. The van der Waals surface area contributed by atoms with Gasteiger partial charge in [-0.05, 0) is 48.5 Å². The lowest BCUT2D eigenvalue weighted by molar-refractivity contribution is -0.114. The molecule has 0 unspecified atom stereocenters. The first-order valence-corrected chi connectivity index (χ1v) is 10.7. The van der Waals surface area contributed by atoms with Gasteiger partial charge in [-0.15, -0.1) is 0 Å². The normalized spacial score (nSPS) is 11.2. The van der Waals surface area contributed by atoms with Crippen LogP contribution in [0.15, 0.2) is 83.8 Å². The smallest absolute Gasteiger partial charge is 0.243 e. The summed E-state index contributed by atoms with van der Waals surface area (Å²) in [5, 5.41) is 5.80. The lowest BCUT2D eigenvalue weighted by atomic mass is 10.2. The van der Waals surface area contributed by atoms with Crippen LogP contribution in [-0.2, 0) is 14.8 Å². The van der Waals surface area contributed by atoms with Crippen molar-refractivity contribution in [3.63, 3.8) is 0 Å². The molecule has 1 amide bonds. The molecule has 30 heavy (non-hydrogen) atoms. The van der Waals surface area contributed by atoms with E-state index < -0.39 is 10.0 Å². The fourth-order valence-corrected chi connectivity index (χ4v) is 3.52. The first-order chi connectivity index (χ1) is 14.4. The lowest BCUT2D eigenvalue weighted by Gasteiger charge is -2.14. The van der Waals surface area contributed by atoms with Gasteiger partial charge in [0.15, 0.2) is 5.75 Å². The van der Waals surface area contributed by atoms with Crippen molar-refractivity contribution >= 4 is 27.3 Å². The van der Waals surface area contributed by atoms with Gasteiger partial charge in [-0.25, -0.2) is 12.7 Å². The minimum absolute atomic E-state index is 0.0207. The maximum absolute atomic E-state index is 12.3. The summed E-state index contributed by atoms with van der Waals surface area (Å²) in [6.45, 7) is 0.0207. The SMILES string of the molecule is CN(C)S(=O)(=O)c1ccc(NC(=O)CNc2ccccc2Oc2ccccc2)cc1. The molecule has 8 heteroatoms. The molecule has 0 aromatic heterocycles. The summed E-state index contributed by atoms with van der Waals surface area (Å²) in [4.78, 5) is 12.5. The molecule has 0 atom stereocenters. The van der Waals surface area contributed by atoms with E-state index in [2.05, 4.69) is 10.6 Å². The van der Waals surface area contributed by atoms with Crippen molar-refractivity contribution in [3.8, 4) is 11.5 Å². The van der Waals surface area contributed by atoms with E-state index in [1.54, 1.807) is 12.1 Å². The van der Waals surface area contributed by atoms with E-state index in [-0.39, 0.29) is 17.3 Å². The highest BCUT2D eigenvalue weighted by Crippen LogP contribution is 2.28. The number of para-hydroxylation sites is 3. The molecular formula is C22H23N3O4S. The second kappa shape index (κ2) is 9.43. The predicted octanol–water partition coefficient (Wildman–Crippen LogP) is 3.78. The number of amides is 1. The van der Waals surface area contributed by atoms with Crippen molar-refractivity contribution in [2.24, 2.45) is 0 Å². The average molecular weight is 426 g/mol. The Bertz CT molecular complexity index is 1100. The Balaban J connectivity index is 1.60. The van der Waals surface area contributed by atoms with E-state index in [9.17, 15) is 13.2 Å². The molecule has 3 rings (SSSR count). The Labute approximate surface area is 176 Å². The second-order valence-electron chi connectivity index (χ2n) is 6.62. The van der Waals surface area contributed by atoms with Crippen molar-refractivity contribution in [1.29, 1.82) is 0 Å². The maximum Gasteiger partial charge on any atom is 0.243 e. The van der Waals surface area contributed by atoms with Crippen molar-refractivity contribution in [2.45, 2.75) is 4.90 Å². The number of sulfonamides is 1. The summed E-state index contributed by atoms with van der Waals surface area (Å²) in [6, 6.07) is 22.8. The number of nitrogens with zero attached hydrogens (tertiary/aromatic N) is 1. The van der Waals surface area contributed by atoms with Crippen molar-refractivity contribution in [3.05, 3.63) is 78.9 Å². The number of hydrogen-bond acceptors (Lipinski definition) is 5. The number of carbonyl (C=O) groups excluding carboxylic acids is 1. The van der Waals surface area contributed by atoms with E-state index in [1.807, 2.05) is 54.6 Å². The van der Waals surface area contributed by atoms with Gasteiger partial charge in [0.25, 0.3) is 0 Å². The van der Waals surface area contributed by atoms with E-state index in [0.29, 0.717) is 22.9 Å². The van der Waals surface area contributed by atoms with Crippen molar-refractivity contribution in [1.82, 2.24) is 4.31 Å². The van der Waals surface area contributed by atoms with Crippen LogP contribution in [0.2, 0.25) is 0 Å². The van der Waals surface area contributed by atoms with Crippen LogP contribution in [0.3, 0.4) is 0 Å². The summed E-state index contributed by atoms with van der Waals surface area (Å²) in [6.07, 6.45) is 0. The van der Waals surface area contributed by atoms with Gasteiger partial charge < -0.3 is 15.4 Å². The number of hydrogen-bond donors (Lipinski definition) is 2. The highest BCUT2D eigenvalue weighted by Gasteiger charge is 2.16. The van der Waals surface area contributed by atoms with Crippen LogP contribution in [-0.4, -0.2) is 39.3 Å². The Morgan fingerprint density at radius 2 is 1.53 bits per heavy atom. The zero-order chi connectivity index (χ0) is 21.6. The highest BCUT2D eigenvalue weighted by atomic mass is 32.2. The highest BCUT2D eigenvalue weighted by molar-refractivity contribution is 7.89. The van der Waals surface area contributed by atoms with Gasteiger partial charge in [0.05, 0.1) is 17.1 Å². The number of nitrogens with one attached hydrogen (secondary N) is 2. The number of carbonyl (C=O) groups is 1. The molecule has 0 spiro atoms. The van der Waals surface area contributed by atoms with Gasteiger partial charge in [0.1, 0.15) is 5.75 Å². The first kappa shape index (κ1) is 21.4. The van der Waals surface area contributed by atoms with Gasteiger partial charge in [-0.2, -0.15) is 0 Å². The molecule has 3 aromatic carbocycles. The van der Waals surface area contributed by atoms with Crippen molar-refractivity contribution < 1.29 is 17.9 Å². The molecular weight excluding hydrogens is 402 g/mol. The van der Waals surface area contributed by atoms with Gasteiger partial charge >= 0.3 is 0 Å². The van der Waals surface area contributed by atoms with Gasteiger partial charge in [0.2, 0.25) is 15.9 Å². The molecule has 2 N–H and O–H groups in total. The van der Waals surface area contributed by atoms with E-state index in [4.69, 9.17) is 4.74 Å². The number of rotatable bonds is 8. The van der Waals surface area contributed by atoms with Gasteiger partial charge in [-0.1, -0.05) is 30.3 Å². The third-order valence-corrected chi connectivity index (χ3v) is 6.04.